The molecule has 3 unspecified atom stereocenters. The zero-order valence-electron chi connectivity index (χ0n) is 17.2. The van der Waals surface area contributed by atoms with Gasteiger partial charge in [0.05, 0.1) is 6.61 Å². The van der Waals surface area contributed by atoms with E-state index in [-0.39, 0.29) is 18.7 Å². The van der Waals surface area contributed by atoms with E-state index in [1.807, 2.05) is 48.5 Å². The number of hydrogen-bond donors (Lipinski definition) is 1. The van der Waals surface area contributed by atoms with Crippen LogP contribution in [0.15, 0.2) is 60.7 Å². The Morgan fingerprint density at radius 3 is 2.21 bits per heavy atom. The summed E-state index contributed by atoms with van der Waals surface area (Å²) in [4.78, 5) is 15.9. The third kappa shape index (κ3) is 4.10. The van der Waals surface area contributed by atoms with Crippen LogP contribution in [0, 0.1) is 0 Å². The molecule has 0 radical (unpaired) electrons. The topological polar surface area (TPSA) is 49.8 Å². The van der Waals surface area contributed by atoms with Gasteiger partial charge in [-0.3, -0.25) is 4.79 Å². The third-order valence-corrected chi connectivity index (χ3v) is 7.00. The van der Waals surface area contributed by atoms with Crippen molar-refractivity contribution in [1.29, 1.82) is 0 Å². The van der Waals surface area contributed by atoms with Gasteiger partial charge in [-0.1, -0.05) is 60.7 Å². The Morgan fingerprint density at radius 1 is 1.03 bits per heavy atom. The number of fused-ring (bicyclic) bond motifs is 2. The summed E-state index contributed by atoms with van der Waals surface area (Å²) in [6.45, 7) is -0.248. The average Bonchev–Trinajstić information content (AvgIpc) is 2.96. The summed E-state index contributed by atoms with van der Waals surface area (Å²) < 4.78 is 6.09. The summed E-state index contributed by atoms with van der Waals surface area (Å²) in [5.41, 5.74) is 0.963. The zero-order valence-corrected chi connectivity index (χ0v) is 17.2. The quantitative estimate of drug-likeness (QED) is 0.729. The van der Waals surface area contributed by atoms with E-state index in [2.05, 4.69) is 24.1 Å². The Balaban J connectivity index is 1.55. The fourth-order valence-electron chi connectivity index (χ4n) is 5.08. The van der Waals surface area contributed by atoms with Crippen LogP contribution in [0.25, 0.3) is 0 Å². The second-order valence-electron chi connectivity index (χ2n) is 8.64. The van der Waals surface area contributed by atoms with Crippen LogP contribution in [-0.4, -0.2) is 47.8 Å². The first-order valence-electron chi connectivity index (χ1n) is 10.8. The van der Waals surface area contributed by atoms with Crippen molar-refractivity contribution < 1.29 is 14.6 Å². The van der Waals surface area contributed by atoms with Crippen molar-refractivity contribution >= 4 is 5.97 Å². The molecule has 0 amide bonds. The van der Waals surface area contributed by atoms with E-state index in [9.17, 15) is 9.90 Å². The Kier molecular flexibility index (Phi) is 6.02. The number of benzene rings is 2. The number of nitrogens with zero attached hydrogens (tertiary/aromatic N) is 1. The molecule has 1 N–H and O–H groups in total. The fraction of sp³-hybridized carbons (Fsp3) is 0.480. The van der Waals surface area contributed by atoms with Crippen LogP contribution < -0.4 is 0 Å². The van der Waals surface area contributed by atoms with Gasteiger partial charge in [0.15, 0.2) is 0 Å². The van der Waals surface area contributed by atoms with Gasteiger partial charge in [0.2, 0.25) is 0 Å². The molecule has 29 heavy (non-hydrogen) atoms. The summed E-state index contributed by atoms with van der Waals surface area (Å²) in [7, 11) is 2.18. The maximum Gasteiger partial charge on any atom is 0.319 e. The Bertz CT molecular complexity index is 795. The summed E-state index contributed by atoms with van der Waals surface area (Å²) in [6.07, 6.45) is 5.35. The number of hydrogen-bond acceptors (Lipinski definition) is 4. The van der Waals surface area contributed by atoms with Crippen LogP contribution >= 0.6 is 0 Å². The van der Waals surface area contributed by atoms with Crippen molar-refractivity contribution in [2.24, 2.45) is 0 Å². The minimum Gasteiger partial charge on any atom is -0.462 e. The molecule has 4 heteroatoms. The van der Waals surface area contributed by atoms with Gasteiger partial charge in [-0.25, -0.2) is 0 Å². The highest BCUT2D eigenvalue weighted by Gasteiger charge is 2.45. The van der Waals surface area contributed by atoms with Crippen molar-refractivity contribution in [2.75, 3.05) is 13.7 Å². The lowest BCUT2D eigenvalue weighted by Crippen LogP contribution is -2.47. The van der Waals surface area contributed by atoms with Gasteiger partial charge in [0.1, 0.15) is 11.5 Å². The minimum absolute atomic E-state index is 0.0532. The molecule has 2 aliphatic heterocycles. The van der Waals surface area contributed by atoms with E-state index in [4.69, 9.17) is 4.74 Å². The van der Waals surface area contributed by atoms with Gasteiger partial charge in [0.25, 0.3) is 0 Å². The molecule has 0 aliphatic carbocycles. The largest absolute Gasteiger partial charge is 0.462 e. The summed E-state index contributed by atoms with van der Waals surface area (Å²) in [5, 5.41) is 10.5. The summed E-state index contributed by atoms with van der Waals surface area (Å²) in [5.74, 6) is -0.281. The maximum atomic E-state index is 13.5. The molecular weight excluding hydrogens is 362 g/mol. The van der Waals surface area contributed by atoms with Crippen molar-refractivity contribution in [3.63, 3.8) is 0 Å². The Labute approximate surface area is 173 Å². The molecule has 2 bridgehead atoms. The first-order chi connectivity index (χ1) is 14.1. The van der Waals surface area contributed by atoms with E-state index < -0.39 is 5.41 Å². The molecule has 2 saturated heterocycles. The molecule has 154 valence electrons. The summed E-state index contributed by atoms with van der Waals surface area (Å²) >= 11 is 0. The highest BCUT2D eigenvalue weighted by Crippen LogP contribution is 2.38. The van der Waals surface area contributed by atoms with Crippen molar-refractivity contribution in [2.45, 2.75) is 62.1 Å². The normalized spacial score (nSPS) is 26.1. The predicted molar refractivity (Wildman–Crippen MR) is 114 cm³/mol. The molecule has 2 aliphatic rings. The van der Waals surface area contributed by atoms with Gasteiger partial charge in [-0.15, -0.1) is 0 Å². The second kappa shape index (κ2) is 8.68. The SMILES string of the molecule is CN1C2CCC1CC(OC(=O)C(CO)(CCc1ccccc1)c1ccccc1)C2. The van der Waals surface area contributed by atoms with Gasteiger partial charge in [-0.2, -0.15) is 0 Å². The lowest BCUT2D eigenvalue weighted by molar-refractivity contribution is -0.161. The van der Waals surface area contributed by atoms with Crippen molar-refractivity contribution in [3.8, 4) is 0 Å². The monoisotopic (exact) mass is 393 g/mol. The standard InChI is InChI=1S/C25H31NO3/c1-26-21-12-13-22(26)17-23(16-21)29-24(28)25(18-27,20-10-6-3-7-11-20)15-14-19-8-4-2-5-9-19/h2-11,21-23,27H,12-18H2,1H3. The van der Waals surface area contributed by atoms with E-state index in [1.165, 1.54) is 12.8 Å². The van der Waals surface area contributed by atoms with Crippen LogP contribution in [-0.2, 0) is 21.4 Å². The van der Waals surface area contributed by atoms with Crippen molar-refractivity contribution in [3.05, 3.63) is 71.8 Å². The number of ether oxygens (including phenoxy) is 1. The Morgan fingerprint density at radius 2 is 1.62 bits per heavy atom. The first kappa shape index (κ1) is 20.1. The number of carbonyl (C=O) groups excluding carboxylic acids is 1. The maximum absolute atomic E-state index is 13.5. The van der Waals surface area contributed by atoms with Crippen LogP contribution in [0.4, 0.5) is 0 Å². The van der Waals surface area contributed by atoms with Gasteiger partial charge in [-0.05, 0) is 56.7 Å². The summed E-state index contributed by atoms with van der Waals surface area (Å²) in [6, 6.07) is 20.8. The number of carbonyl (C=O) groups is 1. The number of esters is 1. The van der Waals surface area contributed by atoms with E-state index in [1.54, 1.807) is 0 Å². The molecule has 4 rings (SSSR count). The Hall–Kier alpha value is -2.17. The molecule has 2 fully saturated rings. The van der Waals surface area contributed by atoms with Crippen molar-refractivity contribution in [1.82, 2.24) is 4.90 Å². The number of piperidine rings is 1. The van der Waals surface area contributed by atoms with Crippen LogP contribution in [0.3, 0.4) is 0 Å². The number of rotatable bonds is 7. The molecule has 2 aromatic carbocycles. The second-order valence-corrected chi connectivity index (χ2v) is 8.64. The molecule has 0 spiro atoms. The number of aryl methyl sites for hydroxylation is 1. The van der Waals surface area contributed by atoms with Gasteiger partial charge < -0.3 is 14.7 Å². The zero-order chi connectivity index (χ0) is 20.3. The lowest BCUT2D eigenvalue weighted by Gasteiger charge is -2.38. The van der Waals surface area contributed by atoms with Crippen LogP contribution in [0.2, 0.25) is 0 Å². The van der Waals surface area contributed by atoms with Gasteiger partial charge in [0, 0.05) is 12.1 Å². The highest BCUT2D eigenvalue weighted by atomic mass is 16.5. The van der Waals surface area contributed by atoms with E-state index in [0.717, 1.165) is 24.0 Å². The molecule has 0 saturated carbocycles. The smallest absolute Gasteiger partial charge is 0.319 e. The molecule has 2 heterocycles. The number of aliphatic hydroxyl groups is 1. The lowest BCUT2D eigenvalue weighted by atomic mass is 9.76. The average molecular weight is 394 g/mol. The van der Waals surface area contributed by atoms with E-state index in [0.29, 0.717) is 24.9 Å². The predicted octanol–water partition coefficient (Wildman–Crippen LogP) is 3.72. The van der Waals surface area contributed by atoms with Crippen LogP contribution in [0.5, 0.6) is 0 Å². The minimum atomic E-state index is -1.03. The molecule has 3 atom stereocenters. The van der Waals surface area contributed by atoms with E-state index >= 15 is 0 Å². The fourth-order valence-corrected chi connectivity index (χ4v) is 5.08. The molecule has 0 aromatic heterocycles. The molecular formula is C25H31NO3. The first-order valence-corrected chi connectivity index (χ1v) is 10.8. The molecule has 4 nitrogen and oxygen atoms in total. The third-order valence-electron chi connectivity index (χ3n) is 7.00. The molecule has 2 aromatic rings. The van der Waals surface area contributed by atoms with Gasteiger partial charge >= 0.3 is 5.97 Å². The van der Waals surface area contributed by atoms with Crippen LogP contribution in [0.1, 0.15) is 43.2 Å². The highest BCUT2D eigenvalue weighted by molar-refractivity contribution is 5.83. The number of aliphatic hydroxyl groups excluding tert-OH is 1.